The first-order chi connectivity index (χ1) is 10.9. The zero-order valence-corrected chi connectivity index (χ0v) is 13.1. The number of nitrogens with one attached hydrogen (secondary N) is 2. The molecule has 2 aromatic carbocycles. The van der Waals surface area contributed by atoms with E-state index in [2.05, 4.69) is 9.71 Å². The van der Waals surface area contributed by atoms with Crippen LogP contribution >= 0.6 is 11.6 Å². The van der Waals surface area contributed by atoms with Crippen LogP contribution in [-0.4, -0.2) is 18.3 Å². The van der Waals surface area contributed by atoms with Crippen LogP contribution in [-0.2, 0) is 10.0 Å². The molecule has 1 heterocycles. The van der Waals surface area contributed by atoms with Gasteiger partial charge in [0.2, 0.25) is 0 Å². The van der Waals surface area contributed by atoms with Crippen LogP contribution in [0.15, 0.2) is 53.6 Å². The van der Waals surface area contributed by atoms with Crippen molar-refractivity contribution in [1.29, 1.82) is 0 Å². The number of nitrogens with zero attached hydrogens (tertiary/aromatic N) is 1. The van der Waals surface area contributed by atoms with Crippen molar-refractivity contribution in [2.24, 2.45) is 0 Å². The third-order valence-corrected chi connectivity index (χ3v) is 4.83. The van der Waals surface area contributed by atoms with Crippen molar-refractivity contribution >= 4 is 43.9 Å². The lowest BCUT2D eigenvalue weighted by atomic mass is 10.2. The Morgan fingerprint density at radius 3 is 2.48 bits per heavy atom. The van der Waals surface area contributed by atoms with Crippen molar-refractivity contribution in [1.82, 2.24) is 4.98 Å². The van der Waals surface area contributed by atoms with Gasteiger partial charge in [-0.1, -0.05) is 11.6 Å². The second kappa shape index (κ2) is 5.56. The minimum absolute atomic E-state index is 0.0808. The first-order valence-corrected chi connectivity index (χ1v) is 8.27. The summed E-state index contributed by atoms with van der Waals surface area (Å²) < 4.78 is 27.3. The fraction of sp³-hybridized carbons (Fsp3) is 0. The minimum Gasteiger partial charge on any atom is -0.359 e. The van der Waals surface area contributed by atoms with Gasteiger partial charge < -0.3 is 4.98 Å². The van der Waals surface area contributed by atoms with E-state index >= 15 is 0 Å². The van der Waals surface area contributed by atoms with Gasteiger partial charge >= 0.3 is 0 Å². The van der Waals surface area contributed by atoms with Crippen LogP contribution in [0.2, 0.25) is 5.02 Å². The molecule has 1 aromatic heterocycles. The zero-order chi connectivity index (χ0) is 16.6. The monoisotopic (exact) mass is 351 g/mol. The number of benzene rings is 2. The van der Waals surface area contributed by atoms with E-state index in [1.807, 2.05) is 0 Å². The molecule has 2 N–H and O–H groups in total. The lowest BCUT2D eigenvalue weighted by Gasteiger charge is -2.09. The Hall–Kier alpha value is -2.58. The standard InChI is InChI=1S/C14H10ClN3O4S/c15-10-7-9-5-6-16-14(9)13(8-10)17-23(21,22)12-3-1-11(2-4-12)18(19)20/h1-8,16-17H. The van der Waals surface area contributed by atoms with Gasteiger partial charge in [-0.3, -0.25) is 14.8 Å². The number of H-pyrrole nitrogens is 1. The largest absolute Gasteiger partial charge is 0.359 e. The van der Waals surface area contributed by atoms with E-state index in [0.717, 1.165) is 17.5 Å². The molecule has 0 unspecified atom stereocenters. The quantitative estimate of drug-likeness (QED) is 0.554. The Labute approximate surface area is 136 Å². The van der Waals surface area contributed by atoms with Crippen molar-refractivity contribution in [2.75, 3.05) is 4.72 Å². The van der Waals surface area contributed by atoms with Gasteiger partial charge in [-0.2, -0.15) is 0 Å². The molecule has 0 aliphatic carbocycles. The maximum absolute atomic E-state index is 12.4. The summed E-state index contributed by atoms with van der Waals surface area (Å²) in [6, 6.07) is 9.59. The molecule has 3 aromatic rings. The molecule has 7 nitrogen and oxygen atoms in total. The predicted octanol–water partition coefficient (Wildman–Crippen LogP) is 3.53. The number of anilines is 1. The molecule has 0 saturated carbocycles. The fourth-order valence-corrected chi connectivity index (χ4v) is 3.46. The van der Waals surface area contributed by atoms with Gasteiger partial charge in [-0.15, -0.1) is 0 Å². The summed E-state index contributed by atoms with van der Waals surface area (Å²) in [4.78, 5) is 12.9. The van der Waals surface area contributed by atoms with Crippen molar-refractivity contribution in [3.8, 4) is 0 Å². The van der Waals surface area contributed by atoms with Crippen molar-refractivity contribution in [3.63, 3.8) is 0 Å². The molecule has 0 saturated heterocycles. The molecule has 0 bridgehead atoms. The Morgan fingerprint density at radius 1 is 1.13 bits per heavy atom. The van der Waals surface area contributed by atoms with Gasteiger partial charge in [0.25, 0.3) is 15.7 Å². The zero-order valence-electron chi connectivity index (χ0n) is 11.5. The molecule has 118 valence electrons. The van der Waals surface area contributed by atoms with Gasteiger partial charge in [0.15, 0.2) is 0 Å². The highest BCUT2D eigenvalue weighted by atomic mass is 35.5. The van der Waals surface area contributed by atoms with Crippen LogP contribution in [0.4, 0.5) is 11.4 Å². The van der Waals surface area contributed by atoms with Gasteiger partial charge in [0, 0.05) is 28.7 Å². The van der Waals surface area contributed by atoms with Gasteiger partial charge in [-0.05, 0) is 30.3 Å². The molecule has 3 rings (SSSR count). The van der Waals surface area contributed by atoms with Crippen LogP contribution in [0.1, 0.15) is 0 Å². The molecular weight excluding hydrogens is 342 g/mol. The Kier molecular flexibility index (Phi) is 3.70. The maximum Gasteiger partial charge on any atom is 0.269 e. The Bertz CT molecular complexity index is 997. The van der Waals surface area contributed by atoms with E-state index < -0.39 is 14.9 Å². The minimum atomic E-state index is -3.89. The highest BCUT2D eigenvalue weighted by Crippen LogP contribution is 2.29. The van der Waals surface area contributed by atoms with E-state index in [4.69, 9.17) is 11.6 Å². The van der Waals surface area contributed by atoms with Gasteiger partial charge in [0.05, 0.1) is 21.0 Å². The molecule has 0 fully saturated rings. The summed E-state index contributed by atoms with van der Waals surface area (Å²) in [5.41, 5.74) is 0.717. The highest BCUT2D eigenvalue weighted by Gasteiger charge is 2.18. The molecule has 0 amide bonds. The lowest BCUT2D eigenvalue weighted by molar-refractivity contribution is -0.384. The van der Waals surface area contributed by atoms with E-state index in [1.54, 1.807) is 18.3 Å². The second-order valence-corrected chi connectivity index (χ2v) is 6.87. The van der Waals surface area contributed by atoms with Gasteiger partial charge in [-0.25, -0.2) is 8.42 Å². The number of aromatic nitrogens is 1. The Morgan fingerprint density at radius 2 is 1.83 bits per heavy atom. The van der Waals surface area contributed by atoms with Gasteiger partial charge in [0.1, 0.15) is 0 Å². The summed E-state index contributed by atoms with van der Waals surface area (Å²) >= 11 is 5.99. The number of hydrogen-bond donors (Lipinski definition) is 2. The summed E-state index contributed by atoms with van der Waals surface area (Å²) in [5.74, 6) is 0. The SMILES string of the molecule is O=[N+]([O-])c1ccc(S(=O)(=O)Nc2cc(Cl)cc3cc[nH]c23)cc1. The average Bonchev–Trinajstić information content (AvgIpc) is 2.95. The molecular formula is C14H10ClN3O4S. The van der Waals surface area contributed by atoms with Crippen molar-refractivity contribution < 1.29 is 13.3 Å². The van der Waals surface area contributed by atoms with Crippen LogP contribution in [0.3, 0.4) is 0 Å². The number of halogens is 1. The summed E-state index contributed by atoms with van der Waals surface area (Å²) in [7, 11) is -3.89. The number of hydrogen-bond acceptors (Lipinski definition) is 4. The smallest absolute Gasteiger partial charge is 0.269 e. The number of nitro benzene ring substituents is 1. The topological polar surface area (TPSA) is 105 Å². The molecule has 0 aliphatic heterocycles. The van der Waals surface area contributed by atoms with E-state index in [0.29, 0.717) is 16.2 Å². The molecule has 23 heavy (non-hydrogen) atoms. The third-order valence-electron chi connectivity index (χ3n) is 3.23. The molecule has 0 aliphatic rings. The lowest BCUT2D eigenvalue weighted by Crippen LogP contribution is -2.13. The van der Waals surface area contributed by atoms with Crippen LogP contribution < -0.4 is 4.72 Å². The number of nitro groups is 1. The molecule has 0 spiro atoms. The number of fused-ring (bicyclic) bond motifs is 1. The van der Waals surface area contributed by atoms with Crippen LogP contribution in [0.25, 0.3) is 10.9 Å². The fourth-order valence-electron chi connectivity index (χ4n) is 2.17. The molecule has 0 radical (unpaired) electrons. The van der Waals surface area contributed by atoms with E-state index in [-0.39, 0.29) is 10.6 Å². The molecule has 9 heteroatoms. The maximum atomic E-state index is 12.4. The van der Waals surface area contributed by atoms with Crippen molar-refractivity contribution in [2.45, 2.75) is 4.90 Å². The summed E-state index contributed by atoms with van der Waals surface area (Å²) in [6.07, 6.45) is 1.67. The average molecular weight is 352 g/mol. The highest BCUT2D eigenvalue weighted by molar-refractivity contribution is 7.92. The first-order valence-electron chi connectivity index (χ1n) is 6.41. The van der Waals surface area contributed by atoms with E-state index in [1.165, 1.54) is 18.2 Å². The number of rotatable bonds is 4. The second-order valence-electron chi connectivity index (χ2n) is 4.75. The Balaban J connectivity index is 1.99. The van der Waals surface area contributed by atoms with Crippen molar-refractivity contribution in [3.05, 3.63) is 63.8 Å². The predicted molar refractivity (Wildman–Crippen MR) is 87.2 cm³/mol. The van der Waals surface area contributed by atoms with Crippen LogP contribution in [0, 0.1) is 10.1 Å². The van der Waals surface area contributed by atoms with E-state index in [9.17, 15) is 18.5 Å². The first kappa shape index (κ1) is 15.3. The molecule has 0 atom stereocenters. The summed E-state index contributed by atoms with van der Waals surface area (Å²) in [6.45, 7) is 0. The normalized spacial score (nSPS) is 11.5. The number of aromatic amines is 1. The summed E-state index contributed by atoms with van der Waals surface area (Å²) in [5, 5.41) is 11.8. The number of sulfonamides is 1. The number of non-ortho nitro benzene ring substituents is 1. The third kappa shape index (κ3) is 2.99. The van der Waals surface area contributed by atoms with Crippen LogP contribution in [0.5, 0.6) is 0 Å².